The minimum absolute atomic E-state index is 0.146. The van der Waals surface area contributed by atoms with Crippen molar-refractivity contribution in [3.8, 4) is 5.75 Å². The second kappa shape index (κ2) is 10.9. The molecule has 0 spiro atoms. The van der Waals surface area contributed by atoms with Crippen molar-refractivity contribution in [1.29, 1.82) is 0 Å². The predicted octanol–water partition coefficient (Wildman–Crippen LogP) is 5.91. The third-order valence-corrected chi connectivity index (χ3v) is 7.08. The first-order chi connectivity index (χ1) is 18.8. The summed E-state index contributed by atoms with van der Waals surface area (Å²) in [4.78, 5) is 25.7. The van der Waals surface area contributed by atoms with Gasteiger partial charge >= 0.3 is 5.97 Å². The summed E-state index contributed by atoms with van der Waals surface area (Å²) in [5.41, 5.74) is 0.765. The van der Waals surface area contributed by atoms with Gasteiger partial charge in [-0.1, -0.05) is 30.3 Å². The van der Waals surface area contributed by atoms with E-state index in [0.29, 0.717) is 48.5 Å². The Labute approximate surface area is 223 Å². The number of carboxylic acid groups (broad SMARTS) is 1. The lowest BCUT2D eigenvalue weighted by molar-refractivity contribution is -0.138. The van der Waals surface area contributed by atoms with Crippen LogP contribution in [0.15, 0.2) is 71.1 Å². The molecule has 7 nitrogen and oxygen atoms in total. The molecule has 0 saturated carbocycles. The zero-order valence-corrected chi connectivity index (χ0v) is 21.2. The first kappa shape index (κ1) is 26.4. The first-order valence-corrected chi connectivity index (χ1v) is 12.6. The van der Waals surface area contributed by atoms with Gasteiger partial charge in [0.1, 0.15) is 29.3 Å². The van der Waals surface area contributed by atoms with E-state index in [1.165, 1.54) is 13.0 Å². The lowest BCUT2D eigenvalue weighted by atomic mass is 9.86. The van der Waals surface area contributed by atoms with Crippen molar-refractivity contribution in [1.82, 2.24) is 5.32 Å². The number of nitrogens with one attached hydrogen (secondary N) is 1. The Morgan fingerprint density at radius 1 is 1.05 bits per heavy atom. The number of rotatable bonds is 8. The SMILES string of the molecule is CC(C(=O)O)c1ccc(COc2cc(F)ccc2F)cc1C(=O)NC1(c2cc3ccccc3o2)CCOCC1. The van der Waals surface area contributed by atoms with Gasteiger partial charge in [0.05, 0.1) is 5.92 Å². The molecule has 2 N–H and O–H groups in total. The number of aliphatic carboxylic acids is 1. The van der Waals surface area contributed by atoms with Crippen molar-refractivity contribution in [2.24, 2.45) is 0 Å². The highest BCUT2D eigenvalue weighted by atomic mass is 19.1. The van der Waals surface area contributed by atoms with Gasteiger partial charge in [0.15, 0.2) is 11.6 Å². The number of para-hydroxylation sites is 1. The molecule has 0 bridgehead atoms. The van der Waals surface area contributed by atoms with Crippen LogP contribution in [0.3, 0.4) is 0 Å². The first-order valence-electron chi connectivity index (χ1n) is 12.6. The molecule has 1 fully saturated rings. The molecule has 9 heteroatoms. The normalized spacial score (nSPS) is 15.6. The van der Waals surface area contributed by atoms with E-state index in [0.717, 1.165) is 23.6 Å². The summed E-state index contributed by atoms with van der Waals surface area (Å²) in [5, 5.41) is 13.7. The van der Waals surface area contributed by atoms with E-state index in [4.69, 9.17) is 13.9 Å². The molecule has 4 aromatic rings. The van der Waals surface area contributed by atoms with Gasteiger partial charge in [0.2, 0.25) is 0 Å². The maximum atomic E-state index is 14.0. The second-order valence-corrected chi connectivity index (χ2v) is 9.64. The lowest BCUT2D eigenvalue weighted by Crippen LogP contribution is -2.49. The average Bonchev–Trinajstić information content (AvgIpc) is 3.39. The van der Waals surface area contributed by atoms with Gasteiger partial charge in [0.25, 0.3) is 5.91 Å². The maximum Gasteiger partial charge on any atom is 0.310 e. The number of hydrogen-bond donors (Lipinski definition) is 2. The Balaban J connectivity index is 1.48. The third kappa shape index (κ3) is 5.49. The lowest BCUT2D eigenvalue weighted by Gasteiger charge is -2.36. The van der Waals surface area contributed by atoms with Crippen LogP contribution in [0.5, 0.6) is 5.75 Å². The fourth-order valence-corrected chi connectivity index (χ4v) is 4.80. The van der Waals surface area contributed by atoms with Gasteiger partial charge in [-0.25, -0.2) is 8.78 Å². The van der Waals surface area contributed by atoms with E-state index in [2.05, 4.69) is 5.32 Å². The van der Waals surface area contributed by atoms with Crippen molar-refractivity contribution in [2.45, 2.75) is 37.8 Å². The fraction of sp³-hybridized carbons (Fsp3) is 0.267. The quantitative estimate of drug-likeness (QED) is 0.291. The number of fused-ring (bicyclic) bond motifs is 1. The third-order valence-electron chi connectivity index (χ3n) is 7.08. The molecule has 1 aliphatic heterocycles. The monoisotopic (exact) mass is 535 g/mol. The van der Waals surface area contributed by atoms with Crippen molar-refractivity contribution in [2.75, 3.05) is 13.2 Å². The Kier molecular flexibility index (Phi) is 7.34. The van der Waals surface area contributed by atoms with Crippen LogP contribution in [-0.4, -0.2) is 30.2 Å². The number of carboxylic acids is 1. The molecular formula is C30H27F2NO6. The summed E-state index contributed by atoms with van der Waals surface area (Å²) in [7, 11) is 0. The number of carbonyl (C=O) groups excluding carboxylic acids is 1. The minimum atomic E-state index is -1.09. The van der Waals surface area contributed by atoms with Crippen LogP contribution < -0.4 is 10.1 Å². The van der Waals surface area contributed by atoms with Gasteiger partial charge < -0.3 is 24.3 Å². The van der Waals surface area contributed by atoms with Crippen molar-refractivity contribution in [3.63, 3.8) is 0 Å². The van der Waals surface area contributed by atoms with Crippen LogP contribution in [0.2, 0.25) is 0 Å². The molecule has 202 valence electrons. The average molecular weight is 536 g/mol. The number of furan rings is 1. The summed E-state index contributed by atoms with van der Waals surface area (Å²) in [6.07, 6.45) is 0.925. The van der Waals surface area contributed by atoms with Crippen LogP contribution in [0.25, 0.3) is 11.0 Å². The summed E-state index contributed by atoms with van der Waals surface area (Å²) in [6.45, 7) is 2.15. The largest absolute Gasteiger partial charge is 0.486 e. The summed E-state index contributed by atoms with van der Waals surface area (Å²) in [5.74, 6) is -3.60. The number of carbonyl (C=O) groups is 2. The van der Waals surface area contributed by atoms with Gasteiger partial charge in [0, 0.05) is 43.1 Å². The fourth-order valence-electron chi connectivity index (χ4n) is 4.80. The molecule has 1 unspecified atom stereocenters. The Morgan fingerprint density at radius 2 is 1.82 bits per heavy atom. The van der Waals surface area contributed by atoms with Gasteiger partial charge in [-0.3, -0.25) is 9.59 Å². The molecule has 1 saturated heterocycles. The summed E-state index contributed by atoms with van der Waals surface area (Å²) in [6, 6.07) is 17.0. The van der Waals surface area contributed by atoms with Crippen molar-refractivity contribution >= 4 is 22.8 Å². The number of amides is 1. The van der Waals surface area contributed by atoms with Crippen LogP contribution in [0.4, 0.5) is 8.78 Å². The van der Waals surface area contributed by atoms with Crippen molar-refractivity contribution < 1.29 is 37.4 Å². The molecule has 1 atom stereocenters. The summed E-state index contributed by atoms with van der Waals surface area (Å²) < 4.78 is 44.8. The zero-order chi connectivity index (χ0) is 27.6. The summed E-state index contributed by atoms with van der Waals surface area (Å²) >= 11 is 0. The van der Waals surface area contributed by atoms with E-state index in [-0.39, 0.29) is 17.9 Å². The molecule has 0 aliphatic carbocycles. The minimum Gasteiger partial charge on any atom is -0.486 e. The molecule has 0 radical (unpaired) electrons. The highest BCUT2D eigenvalue weighted by Gasteiger charge is 2.40. The number of hydrogen-bond acceptors (Lipinski definition) is 5. The van der Waals surface area contributed by atoms with Crippen LogP contribution in [0.1, 0.15) is 52.9 Å². The maximum absolute atomic E-state index is 14.0. The zero-order valence-electron chi connectivity index (χ0n) is 21.2. The van der Waals surface area contributed by atoms with Crippen LogP contribution in [-0.2, 0) is 21.7 Å². The molecule has 1 aromatic heterocycles. The molecule has 5 rings (SSSR count). The standard InChI is InChI=1S/C30H27F2NO6/c1-18(29(35)36)22-8-6-19(17-38-26-16-21(31)7-9-24(26)32)14-23(22)28(34)33-30(10-12-37-13-11-30)27-15-20-4-2-3-5-25(20)39-27/h2-9,14-16,18H,10-13,17H2,1H3,(H,33,34)(H,35,36). The smallest absolute Gasteiger partial charge is 0.310 e. The van der Waals surface area contributed by atoms with Crippen LogP contribution >= 0.6 is 0 Å². The van der Waals surface area contributed by atoms with E-state index in [1.54, 1.807) is 12.1 Å². The van der Waals surface area contributed by atoms with E-state index in [9.17, 15) is 23.5 Å². The predicted molar refractivity (Wildman–Crippen MR) is 139 cm³/mol. The molecule has 1 aliphatic rings. The molecule has 3 aromatic carbocycles. The van der Waals surface area contributed by atoms with Crippen molar-refractivity contribution in [3.05, 3.63) is 101 Å². The highest BCUT2D eigenvalue weighted by Crippen LogP contribution is 2.36. The van der Waals surface area contributed by atoms with E-state index in [1.807, 2.05) is 30.3 Å². The number of ether oxygens (including phenoxy) is 2. The van der Waals surface area contributed by atoms with Gasteiger partial charge in [-0.15, -0.1) is 0 Å². The number of halogens is 2. The second-order valence-electron chi connectivity index (χ2n) is 9.64. The Morgan fingerprint density at radius 3 is 2.56 bits per heavy atom. The van der Waals surface area contributed by atoms with Gasteiger partial charge in [-0.2, -0.15) is 0 Å². The van der Waals surface area contributed by atoms with E-state index < -0.39 is 35.0 Å². The molecule has 2 heterocycles. The molecule has 1 amide bonds. The van der Waals surface area contributed by atoms with Crippen LogP contribution in [0, 0.1) is 11.6 Å². The van der Waals surface area contributed by atoms with E-state index >= 15 is 0 Å². The highest BCUT2D eigenvalue weighted by molar-refractivity contribution is 5.98. The molecular weight excluding hydrogens is 508 g/mol. The van der Waals surface area contributed by atoms with Gasteiger partial charge in [-0.05, 0) is 48.4 Å². The number of benzene rings is 3. The molecule has 39 heavy (non-hydrogen) atoms. The topological polar surface area (TPSA) is 98.0 Å². The Hall–Kier alpha value is -4.24. The Bertz CT molecular complexity index is 1490.